The van der Waals surface area contributed by atoms with Gasteiger partial charge in [0.2, 0.25) is 0 Å². The molecule has 3 aromatic rings. The second-order valence-electron chi connectivity index (χ2n) is 4.93. The third kappa shape index (κ3) is 2.96. The Morgan fingerprint density at radius 2 is 1.90 bits per heavy atom. The summed E-state index contributed by atoms with van der Waals surface area (Å²) in [6.07, 6.45) is 7.55. The predicted octanol–water partition coefficient (Wildman–Crippen LogP) is 3.83. The van der Waals surface area contributed by atoms with Crippen molar-refractivity contribution >= 4 is 38.6 Å². The van der Waals surface area contributed by atoms with Gasteiger partial charge < -0.3 is 9.13 Å². The molecule has 5 nitrogen and oxygen atoms in total. The molecule has 0 aliphatic rings. The van der Waals surface area contributed by atoms with E-state index in [1.54, 1.807) is 0 Å². The zero-order chi connectivity index (χ0) is 14.8. The van der Waals surface area contributed by atoms with Crippen LogP contribution in [0.3, 0.4) is 0 Å². The Balaban J connectivity index is 1.60. The van der Waals surface area contributed by atoms with Crippen LogP contribution in [-0.2, 0) is 13.1 Å². The van der Waals surface area contributed by atoms with Crippen molar-refractivity contribution in [2.75, 3.05) is 0 Å². The molecular weight excluding hydrogens is 354 g/mol. The Morgan fingerprint density at radius 1 is 1.14 bits per heavy atom. The molecule has 0 N–H and O–H groups in total. The van der Waals surface area contributed by atoms with Gasteiger partial charge in [-0.25, -0.2) is 15.0 Å². The van der Waals surface area contributed by atoms with Crippen molar-refractivity contribution in [3.63, 3.8) is 0 Å². The monoisotopic (exact) mass is 367 g/mol. The van der Waals surface area contributed by atoms with Crippen LogP contribution in [0.25, 0.3) is 11.0 Å². The highest BCUT2D eigenvalue weighted by atomic mass is 79.9. The lowest BCUT2D eigenvalue weighted by molar-refractivity contribution is 0.553. The van der Waals surface area contributed by atoms with E-state index in [1.165, 1.54) is 12.0 Å². The topological polar surface area (TPSA) is 48.5 Å². The van der Waals surface area contributed by atoms with E-state index in [4.69, 9.17) is 11.6 Å². The van der Waals surface area contributed by atoms with Crippen molar-refractivity contribution in [2.45, 2.75) is 32.9 Å². The van der Waals surface area contributed by atoms with Gasteiger partial charge in [-0.15, -0.1) is 0 Å². The summed E-state index contributed by atoms with van der Waals surface area (Å²) in [7, 11) is 0. The van der Waals surface area contributed by atoms with Crippen molar-refractivity contribution in [1.82, 2.24) is 24.1 Å². The summed E-state index contributed by atoms with van der Waals surface area (Å²) in [4.78, 5) is 12.5. The first kappa shape index (κ1) is 14.5. The molecule has 0 spiro atoms. The van der Waals surface area contributed by atoms with Gasteiger partial charge in [0, 0.05) is 25.0 Å². The third-order valence-corrected chi connectivity index (χ3v) is 4.68. The molecule has 0 saturated heterocycles. The second kappa shape index (κ2) is 6.15. The normalized spacial score (nSPS) is 11.4. The van der Waals surface area contributed by atoms with E-state index in [0.29, 0.717) is 5.15 Å². The fraction of sp³-hybridized carbons (Fsp3) is 0.357. The van der Waals surface area contributed by atoms with Crippen LogP contribution >= 0.6 is 27.5 Å². The number of hydrogen-bond donors (Lipinski definition) is 0. The smallest absolute Gasteiger partial charge is 0.144 e. The molecule has 0 aliphatic heterocycles. The quantitative estimate of drug-likeness (QED) is 0.508. The summed E-state index contributed by atoms with van der Waals surface area (Å²) in [5, 5.41) is 1.42. The fourth-order valence-corrected chi connectivity index (χ4v) is 2.87. The Bertz CT molecular complexity index is 764. The summed E-state index contributed by atoms with van der Waals surface area (Å²) in [6, 6.07) is 1.97. The fourth-order valence-electron chi connectivity index (χ4n) is 2.36. The molecule has 0 amide bonds. The molecule has 21 heavy (non-hydrogen) atoms. The van der Waals surface area contributed by atoms with Crippen molar-refractivity contribution < 1.29 is 0 Å². The summed E-state index contributed by atoms with van der Waals surface area (Å²) in [5.41, 5.74) is 2.07. The average molecular weight is 369 g/mol. The number of aromatic nitrogens is 5. The van der Waals surface area contributed by atoms with Crippen LogP contribution in [0, 0.1) is 6.92 Å². The van der Waals surface area contributed by atoms with E-state index in [9.17, 15) is 0 Å². The lowest BCUT2D eigenvalue weighted by Crippen LogP contribution is -2.02. The number of rotatable bonds is 5. The minimum absolute atomic E-state index is 0.512. The molecule has 3 heterocycles. The molecule has 110 valence electrons. The second-order valence-corrected chi connectivity index (χ2v) is 6.04. The lowest BCUT2D eigenvalue weighted by atomic mass is 10.3. The van der Waals surface area contributed by atoms with E-state index in [0.717, 1.165) is 41.6 Å². The predicted molar refractivity (Wildman–Crippen MR) is 86.4 cm³/mol. The largest absolute Gasteiger partial charge is 0.334 e. The number of fused-ring (bicyclic) bond motifs is 1. The van der Waals surface area contributed by atoms with Crippen LogP contribution in [0.2, 0.25) is 5.15 Å². The average Bonchev–Trinajstić information content (AvgIpc) is 3.03. The summed E-state index contributed by atoms with van der Waals surface area (Å²) >= 11 is 9.48. The van der Waals surface area contributed by atoms with Gasteiger partial charge in [0.15, 0.2) is 0 Å². The van der Waals surface area contributed by atoms with Gasteiger partial charge in [0.1, 0.15) is 21.7 Å². The SMILES string of the molecule is Cc1c(Br)ncn1CCCCn1ccc2c(Cl)ncnc21. The van der Waals surface area contributed by atoms with E-state index in [1.807, 2.05) is 18.6 Å². The minimum Gasteiger partial charge on any atom is -0.334 e. The van der Waals surface area contributed by atoms with E-state index in [2.05, 4.69) is 46.9 Å². The van der Waals surface area contributed by atoms with Gasteiger partial charge in [-0.2, -0.15) is 0 Å². The Labute approximate surface area is 136 Å². The van der Waals surface area contributed by atoms with Crippen LogP contribution < -0.4 is 0 Å². The molecule has 0 fully saturated rings. The summed E-state index contributed by atoms with van der Waals surface area (Å²) in [6.45, 7) is 3.96. The Hall–Kier alpha value is -1.40. The van der Waals surface area contributed by atoms with Crippen molar-refractivity contribution in [2.24, 2.45) is 0 Å². The number of halogens is 2. The molecular formula is C14H15BrClN5. The molecule has 0 aromatic carbocycles. The van der Waals surface area contributed by atoms with Gasteiger partial charge in [-0.05, 0) is 41.8 Å². The van der Waals surface area contributed by atoms with Crippen LogP contribution in [0.4, 0.5) is 0 Å². The van der Waals surface area contributed by atoms with Gasteiger partial charge in [0.25, 0.3) is 0 Å². The molecule has 3 aromatic heterocycles. The maximum absolute atomic E-state index is 6.05. The van der Waals surface area contributed by atoms with Gasteiger partial charge in [0.05, 0.1) is 11.7 Å². The van der Waals surface area contributed by atoms with Crippen LogP contribution in [0.1, 0.15) is 18.5 Å². The maximum Gasteiger partial charge on any atom is 0.144 e. The maximum atomic E-state index is 6.05. The van der Waals surface area contributed by atoms with Gasteiger partial charge >= 0.3 is 0 Å². The summed E-state index contributed by atoms with van der Waals surface area (Å²) in [5.74, 6) is 0. The first-order valence-electron chi connectivity index (χ1n) is 6.79. The number of hydrogen-bond acceptors (Lipinski definition) is 3. The minimum atomic E-state index is 0.512. The highest BCUT2D eigenvalue weighted by Crippen LogP contribution is 2.20. The standard InChI is InChI=1S/C14H15BrClN5/c1-10-12(15)19-9-21(10)6-3-2-5-20-7-4-11-13(16)17-8-18-14(11)20/h4,7-9H,2-3,5-6H2,1H3. The molecule has 0 unspecified atom stereocenters. The highest BCUT2D eigenvalue weighted by molar-refractivity contribution is 9.10. The number of nitrogens with zero attached hydrogens (tertiary/aromatic N) is 5. The van der Waals surface area contributed by atoms with E-state index < -0.39 is 0 Å². The van der Waals surface area contributed by atoms with E-state index >= 15 is 0 Å². The Morgan fingerprint density at radius 3 is 2.62 bits per heavy atom. The molecule has 0 saturated carbocycles. The molecule has 0 aliphatic carbocycles. The summed E-state index contributed by atoms with van der Waals surface area (Å²) < 4.78 is 5.21. The molecule has 0 bridgehead atoms. The van der Waals surface area contributed by atoms with Crippen molar-refractivity contribution in [1.29, 1.82) is 0 Å². The zero-order valence-electron chi connectivity index (χ0n) is 11.6. The van der Waals surface area contributed by atoms with Gasteiger partial charge in [-0.1, -0.05) is 11.6 Å². The van der Waals surface area contributed by atoms with Gasteiger partial charge in [-0.3, -0.25) is 0 Å². The first-order valence-corrected chi connectivity index (χ1v) is 7.96. The number of imidazole rings is 1. The number of unbranched alkanes of at least 4 members (excludes halogenated alkanes) is 1. The van der Waals surface area contributed by atoms with Crippen molar-refractivity contribution in [3.05, 3.63) is 40.4 Å². The zero-order valence-corrected chi connectivity index (χ0v) is 14.0. The first-order chi connectivity index (χ1) is 10.2. The number of aryl methyl sites for hydroxylation is 2. The highest BCUT2D eigenvalue weighted by Gasteiger charge is 2.06. The van der Waals surface area contributed by atoms with Crippen molar-refractivity contribution in [3.8, 4) is 0 Å². The Kier molecular flexibility index (Phi) is 4.26. The lowest BCUT2D eigenvalue weighted by Gasteiger charge is -2.07. The molecule has 7 heteroatoms. The van der Waals surface area contributed by atoms with Crippen LogP contribution in [-0.4, -0.2) is 24.1 Å². The molecule has 3 rings (SSSR count). The molecule has 0 atom stereocenters. The van der Waals surface area contributed by atoms with Crippen LogP contribution in [0.5, 0.6) is 0 Å². The third-order valence-electron chi connectivity index (χ3n) is 3.60. The molecule has 0 radical (unpaired) electrons. The van der Waals surface area contributed by atoms with E-state index in [-0.39, 0.29) is 0 Å². The van der Waals surface area contributed by atoms with Crippen LogP contribution in [0.15, 0.2) is 29.5 Å².